The predicted molar refractivity (Wildman–Crippen MR) is 146 cm³/mol. The first-order valence-electron chi connectivity index (χ1n) is 14.3. The fourth-order valence-corrected chi connectivity index (χ4v) is 5.03. The molecule has 184 valence electrons. The molecule has 0 bridgehead atoms. The van der Waals surface area contributed by atoms with Gasteiger partial charge in [-0.05, 0) is 29.7 Å². The molecule has 2 rings (SSSR count). The molecule has 0 aromatic heterocycles. The van der Waals surface area contributed by atoms with Gasteiger partial charge in [-0.2, -0.15) is 0 Å². The van der Waals surface area contributed by atoms with Crippen LogP contribution >= 0.6 is 0 Å². The lowest BCUT2D eigenvalue weighted by molar-refractivity contribution is 0.0902. The van der Waals surface area contributed by atoms with Gasteiger partial charge in [0.2, 0.25) is 0 Å². The predicted octanol–water partition coefficient (Wildman–Crippen LogP) is 10.7. The highest BCUT2D eigenvalue weighted by Crippen LogP contribution is 2.25. The van der Waals surface area contributed by atoms with Gasteiger partial charge in [-0.15, -0.1) is 0 Å². The number of benzene rings is 2. The number of unbranched alkanes of at least 4 members (excludes halogenated alkanes) is 14. The number of Topliss-reactive ketones (excluding diaryl/α,β-unsaturated/α-hetero) is 1. The molecule has 2 aromatic carbocycles. The maximum atomic E-state index is 13.5. The SMILES string of the molecule is CCCCCCCCCCC(CCCCCCCCCC)C(=O)c1ccc2ccccc2c1. The number of rotatable bonds is 20. The molecular formula is C32H50O. The molecule has 0 N–H and O–H groups in total. The molecule has 0 spiro atoms. The lowest BCUT2D eigenvalue weighted by Gasteiger charge is -2.16. The number of carbonyl (C=O) groups excluding carboxylic acids is 1. The zero-order valence-corrected chi connectivity index (χ0v) is 21.8. The first-order valence-corrected chi connectivity index (χ1v) is 14.3. The van der Waals surface area contributed by atoms with E-state index in [1.165, 1.54) is 114 Å². The number of ketones is 1. The number of hydrogen-bond donors (Lipinski definition) is 0. The average Bonchev–Trinajstić information content (AvgIpc) is 2.85. The van der Waals surface area contributed by atoms with Crippen molar-refractivity contribution in [2.24, 2.45) is 5.92 Å². The minimum atomic E-state index is 0.200. The summed E-state index contributed by atoms with van der Waals surface area (Å²) < 4.78 is 0. The highest BCUT2D eigenvalue weighted by Gasteiger charge is 2.19. The molecule has 0 aliphatic heterocycles. The van der Waals surface area contributed by atoms with Crippen molar-refractivity contribution < 1.29 is 4.79 Å². The maximum Gasteiger partial charge on any atom is 0.165 e. The van der Waals surface area contributed by atoms with Crippen LogP contribution in [0.15, 0.2) is 42.5 Å². The Kier molecular flexibility index (Phi) is 14.9. The van der Waals surface area contributed by atoms with Crippen LogP contribution in [-0.4, -0.2) is 5.78 Å². The molecule has 33 heavy (non-hydrogen) atoms. The highest BCUT2D eigenvalue weighted by molar-refractivity contribution is 6.01. The Labute approximate surface area is 204 Å². The van der Waals surface area contributed by atoms with E-state index >= 15 is 0 Å². The van der Waals surface area contributed by atoms with Gasteiger partial charge in [0.25, 0.3) is 0 Å². The minimum Gasteiger partial charge on any atom is -0.294 e. The smallest absolute Gasteiger partial charge is 0.165 e. The van der Waals surface area contributed by atoms with Crippen molar-refractivity contribution in [1.82, 2.24) is 0 Å². The quantitative estimate of drug-likeness (QED) is 0.145. The summed E-state index contributed by atoms with van der Waals surface area (Å²) in [5.41, 5.74) is 0.915. The van der Waals surface area contributed by atoms with Crippen molar-refractivity contribution in [1.29, 1.82) is 0 Å². The lowest BCUT2D eigenvalue weighted by atomic mass is 9.87. The number of hydrogen-bond acceptors (Lipinski definition) is 1. The molecule has 2 aromatic rings. The van der Waals surface area contributed by atoms with Gasteiger partial charge in [0.05, 0.1) is 0 Å². The van der Waals surface area contributed by atoms with Crippen LogP contribution in [0.5, 0.6) is 0 Å². The third kappa shape index (κ3) is 11.4. The van der Waals surface area contributed by atoms with Crippen LogP contribution in [-0.2, 0) is 0 Å². The van der Waals surface area contributed by atoms with Crippen molar-refractivity contribution in [3.8, 4) is 0 Å². The van der Waals surface area contributed by atoms with Crippen LogP contribution in [0.3, 0.4) is 0 Å². The minimum absolute atomic E-state index is 0.200. The normalized spacial score (nSPS) is 11.5. The standard InChI is InChI=1S/C32H50O/c1-3-5-7-9-11-13-15-17-22-29(23-18-16-14-12-10-8-6-4-2)32(33)31-26-25-28-21-19-20-24-30(28)27-31/h19-21,24-27,29H,3-18,22-23H2,1-2H3. The van der Waals surface area contributed by atoms with E-state index in [1.807, 2.05) is 0 Å². The van der Waals surface area contributed by atoms with Crippen molar-refractivity contribution in [3.63, 3.8) is 0 Å². The Morgan fingerprint density at radius 1 is 0.576 bits per heavy atom. The van der Waals surface area contributed by atoms with E-state index in [4.69, 9.17) is 0 Å². The van der Waals surface area contributed by atoms with Gasteiger partial charge in [0.1, 0.15) is 0 Å². The first-order chi connectivity index (χ1) is 16.3. The third-order valence-corrected chi connectivity index (χ3v) is 7.22. The second-order valence-corrected chi connectivity index (χ2v) is 10.2. The summed E-state index contributed by atoms with van der Waals surface area (Å²) in [6.45, 7) is 4.55. The van der Waals surface area contributed by atoms with E-state index in [0.29, 0.717) is 5.78 Å². The van der Waals surface area contributed by atoms with Crippen molar-refractivity contribution in [3.05, 3.63) is 48.0 Å². The second kappa shape index (κ2) is 17.8. The maximum absolute atomic E-state index is 13.5. The molecule has 0 unspecified atom stereocenters. The molecule has 1 heteroatoms. The molecule has 0 saturated carbocycles. The fraction of sp³-hybridized carbons (Fsp3) is 0.656. The Morgan fingerprint density at radius 2 is 1.03 bits per heavy atom. The van der Waals surface area contributed by atoms with E-state index in [2.05, 4.69) is 56.3 Å². The fourth-order valence-electron chi connectivity index (χ4n) is 5.03. The van der Waals surface area contributed by atoms with Crippen molar-refractivity contribution in [2.45, 2.75) is 129 Å². The molecule has 1 nitrogen and oxygen atoms in total. The summed E-state index contributed by atoms with van der Waals surface area (Å²) in [7, 11) is 0. The molecule has 0 amide bonds. The van der Waals surface area contributed by atoms with Crippen LogP contribution in [0.4, 0.5) is 0 Å². The van der Waals surface area contributed by atoms with E-state index in [1.54, 1.807) is 0 Å². The van der Waals surface area contributed by atoms with Crippen molar-refractivity contribution in [2.75, 3.05) is 0 Å². The summed E-state index contributed by atoms with van der Waals surface area (Å²) >= 11 is 0. The van der Waals surface area contributed by atoms with E-state index in [9.17, 15) is 4.79 Å². The van der Waals surface area contributed by atoms with Gasteiger partial charge in [0, 0.05) is 11.5 Å². The largest absolute Gasteiger partial charge is 0.294 e. The van der Waals surface area contributed by atoms with Crippen LogP contribution in [0, 0.1) is 5.92 Å². The zero-order valence-electron chi connectivity index (χ0n) is 21.8. The summed E-state index contributed by atoms with van der Waals surface area (Å²) in [6.07, 6.45) is 23.4. The summed E-state index contributed by atoms with van der Waals surface area (Å²) in [6, 6.07) is 14.7. The van der Waals surface area contributed by atoms with Gasteiger partial charge in [-0.25, -0.2) is 0 Å². The Morgan fingerprint density at radius 3 is 1.55 bits per heavy atom. The van der Waals surface area contributed by atoms with E-state index in [-0.39, 0.29) is 5.92 Å². The zero-order chi connectivity index (χ0) is 23.6. The molecule has 0 fully saturated rings. The topological polar surface area (TPSA) is 17.1 Å². The van der Waals surface area contributed by atoms with Crippen LogP contribution in [0.1, 0.15) is 140 Å². The summed E-state index contributed by atoms with van der Waals surface area (Å²) in [4.78, 5) is 13.5. The number of fused-ring (bicyclic) bond motifs is 1. The molecule has 0 aliphatic rings. The summed E-state index contributed by atoms with van der Waals surface area (Å²) in [5.74, 6) is 0.581. The molecule has 0 aliphatic carbocycles. The molecule has 0 atom stereocenters. The monoisotopic (exact) mass is 450 g/mol. The second-order valence-electron chi connectivity index (χ2n) is 10.2. The van der Waals surface area contributed by atoms with Gasteiger partial charge < -0.3 is 0 Å². The van der Waals surface area contributed by atoms with Crippen LogP contribution in [0.2, 0.25) is 0 Å². The summed E-state index contributed by atoms with van der Waals surface area (Å²) in [5, 5.41) is 2.40. The van der Waals surface area contributed by atoms with Crippen LogP contribution in [0.25, 0.3) is 10.8 Å². The van der Waals surface area contributed by atoms with Crippen molar-refractivity contribution >= 4 is 16.6 Å². The first kappa shape index (κ1) is 27.6. The molecule has 0 heterocycles. The van der Waals surface area contributed by atoms with E-state index in [0.717, 1.165) is 18.4 Å². The Hall–Kier alpha value is -1.63. The van der Waals surface area contributed by atoms with Crippen LogP contribution < -0.4 is 0 Å². The highest BCUT2D eigenvalue weighted by atomic mass is 16.1. The van der Waals surface area contributed by atoms with E-state index < -0.39 is 0 Å². The lowest BCUT2D eigenvalue weighted by Crippen LogP contribution is -2.15. The Bertz CT molecular complexity index is 742. The molecule has 0 saturated heterocycles. The van der Waals surface area contributed by atoms with Gasteiger partial charge in [-0.3, -0.25) is 4.79 Å². The average molecular weight is 451 g/mol. The van der Waals surface area contributed by atoms with Gasteiger partial charge in [0.15, 0.2) is 5.78 Å². The van der Waals surface area contributed by atoms with Gasteiger partial charge >= 0.3 is 0 Å². The van der Waals surface area contributed by atoms with Gasteiger partial charge in [-0.1, -0.05) is 153 Å². The Balaban J connectivity index is 1.82. The molecule has 0 radical (unpaired) electrons. The number of carbonyl (C=O) groups is 1. The third-order valence-electron chi connectivity index (χ3n) is 7.22. The molecular weight excluding hydrogens is 400 g/mol.